The Balaban J connectivity index is 2.82. The summed E-state index contributed by atoms with van der Waals surface area (Å²) >= 11 is 0. The zero-order valence-electron chi connectivity index (χ0n) is 11.2. The van der Waals surface area contributed by atoms with Crippen molar-refractivity contribution in [3.8, 4) is 6.07 Å². The lowest BCUT2D eigenvalue weighted by Crippen LogP contribution is -2.41. The monoisotopic (exact) mass is 260 g/mol. The van der Waals surface area contributed by atoms with Crippen LogP contribution in [0, 0.1) is 21.4 Å². The fraction of sp³-hybridized carbons (Fsp3) is 0.462. The number of nitrogens with zero attached hydrogens (tertiary/aromatic N) is 3. The molecule has 1 aromatic rings. The Kier molecular flexibility index (Phi) is 2.66. The number of hydroxylamine groups is 2. The standard InChI is InChI=1S/C13H14N3O3/c1-12(2)9-5-8(7-14)11(15(17)18)6-10(9)13(3,4)16(12)19/h5-6H,1-4H3. The molecule has 1 aliphatic heterocycles. The third-order valence-corrected chi connectivity index (χ3v) is 3.79. The second-order valence-corrected chi connectivity index (χ2v) is 5.70. The Labute approximate surface area is 111 Å². The molecule has 6 heteroatoms. The molecule has 0 spiro atoms. The van der Waals surface area contributed by atoms with Crippen LogP contribution in [-0.4, -0.2) is 9.99 Å². The first kappa shape index (κ1) is 13.5. The van der Waals surface area contributed by atoms with Crippen molar-refractivity contribution in [2.24, 2.45) is 0 Å². The van der Waals surface area contributed by atoms with Gasteiger partial charge in [-0.15, -0.1) is 10.3 Å². The van der Waals surface area contributed by atoms with E-state index in [0.717, 1.165) is 5.06 Å². The molecule has 2 rings (SSSR count). The molecule has 0 aromatic heterocycles. The second-order valence-electron chi connectivity index (χ2n) is 5.70. The lowest BCUT2D eigenvalue weighted by molar-refractivity contribution is -0.385. The molecule has 1 aliphatic rings. The molecule has 1 radical (unpaired) electrons. The minimum absolute atomic E-state index is 0.0112. The zero-order valence-corrected chi connectivity index (χ0v) is 11.2. The summed E-state index contributed by atoms with van der Waals surface area (Å²) in [4.78, 5) is 10.4. The van der Waals surface area contributed by atoms with Crippen molar-refractivity contribution in [3.63, 3.8) is 0 Å². The molecular weight excluding hydrogens is 246 g/mol. The maximum Gasteiger partial charge on any atom is 0.287 e. The van der Waals surface area contributed by atoms with Gasteiger partial charge >= 0.3 is 0 Å². The number of hydrogen-bond donors (Lipinski definition) is 0. The molecule has 0 amide bonds. The van der Waals surface area contributed by atoms with Crippen molar-refractivity contribution in [1.82, 2.24) is 5.06 Å². The van der Waals surface area contributed by atoms with Gasteiger partial charge in [0.05, 0.1) is 16.0 Å². The van der Waals surface area contributed by atoms with Gasteiger partial charge in [0, 0.05) is 6.07 Å². The summed E-state index contributed by atoms with van der Waals surface area (Å²) < 4.78 is 0. The average Bonchev–Trinajstić information content (AvgIpc) is 2.47. The Hall–Kier alpha value is -1.97. The Bertz CT molecular complexity index is 614. The van der Waals surface area contributed by atoms with Gasteiger partial charge in [0.2, 0.25) is 0 Å². The molecule has 6 nitrogen and oxygen atoms in total. The fourth-order valence-electron chi connectivity index (χ4n) is 2.76. The smallest absolute Gasteiger partial charge is 0.258 e. The molecule has 0 aliphatic carbocycles. The molecule has 19 heavy (non-hydrogen) atoms. The van der Waals surface area contributed by atoms with E-state index in [9.17, 15) is 15.3 Å². The predicted octanol–water partition coefficient (Wildman–Crippen LogP) is 2.60. The number of fused-ring (bicyclic) bond motifs is 1. The van der Waals surface area contributed by atoms with Crippen LogP contribution in [0.3, 0.4) is 0 Å². The third-order valence-electron chi connectivity index (χ3n) is 3.79. The number of rotatable bonds is 1. The molecule has 0 N–H and O–H groups in total. The lowest BCUT2D eigenvalue weighted by Gasteiger charge is -2.32. The summed E-state index contributed by atoms with van der Waals surface area (Å²) in [5.74, 6) is 0. The van der Waals surface area contributed by atoms with Crippen LogP contribution in [0.5, 0.6) is 0 Å². The van der Waals surface area contributed by atoms with Crippen molar-refractivity contribution in [2.45, 2.75) is 38.8 Å². The first-order valence-electron chi connectivity index (χ1n) is 5.85. The molecule has 1 heterocycles. The van der Waals surface area contributed by atoms with Crippen LogP contribution in [0.25, 0.3) is 0 Å². The molecule has 0 saturated heterocycles. The Morgan fingerprint density at radius 1 is 1.21 bits per heavy atom. The van der Waals surface area contributed by atoms with Gasteiger partial charge in [-0.1, -0.05) is 0 Å². The number of benzene rings is 1. The van der Waals surface area contributed by atoms with Gasteiger partial charge in [-0.3, -0.25) is 10.1 Å². The molecule has 0 bridgehead atoms. The Morgan fingerprint density at radius 2 is 1.68 bits per heavy atom. The topological polar surface area (TPSA) is 90.1 Å². The number of nitro benzene ring substituents is 1. The minimum atomic E-state index is -0.850. The SMILES string of the molecule is CC1(C)c2cc(C#N)c([N+](=O)[O-])cc2C(C)(C)N1[O]. The maximum atomic E-state index is 12.4. The van der Waals surface area contributed by atoms with Crippen LogP contribution in [0.2, 0.25) is 0 Å². The van der Waals surface area contributed by atoms with Crippen molar-refractivity contribution in [3.05, 3.63) is 38.9 Å². The van der Waals surface area contributed by atoms with Gasteiger partial charge in [0.15, 0.2) is 0 Å². The summed E-state index contributed by atoms with van der Waals surface area (Å²) in [7, 11) is 0. The highest BCUT2D eigenvalue weighted by molar-refractivity contribution is 5.58. The van der Waals surface area contributed by atoms with E-state index in [4.69, 9.17) is 5.26 Å². The van der Waals surface area contributed by atoms with E-state index < -0.39 is 16.0 Å². The van der Waals surface area contributed by atoms with Gasteiger partial charge < -0.3 is 0 Å². The van der Waals surface area contributed by atoms with E-state index >= 15 is 0 Å². The van der Waals surface area contributed by atoms with Crippen molar-refractivity contribution >= 4 is 5.69 Å². The molecule has 0 saturated carbocycles. The second kappa shape index (κ2) is 3.76. The average molecular weight is 260 g/mol. The van der Waals surface area contributed by atoms with Crippen LogP contribution < -0.4 is 0 Å². The van der Waals surface area contributed by atoms with Gasteiger partial charge in [0.25, 0.3) is 5.69 Å². The molecule has 0 atom stereocenters. The maximum absolute atomic E-state index is 12.4. The van der Waals surface area contributed by atoms with Crippen LogP contribution in [0.4, 0.5) is 5.69 Å². The Morgan fingerprint density at radius 3 is 2.11 bits per heavy atom. The van der Waals surface area contributed by atoms with E-state index in [1.807, 2.05) is 6.07 Å². The van der Waals surface area contributed by atoms with Crippen LogP contribution >= 0.6 is 0 Å². The normalized spacial score (nSPS) is 19.8. The summed E-state index contributed by atoms with van der Waals surface area (Å²) in [5.41, 5.74) is -0.631. The summed E-state index contributed by atoms with van der Waals surface area (Å²) in [6, 6.07) is 4.64. The van der Waals surface area contributed by atoms with E-state index in [2.05, 4.69) is 0 Å². The van der Waals surface area contributed by atoms with E-state index in [1.165, 1.54) is 12.1 Å². The van der Waals surface area contributed by atoms with Crippen LogP contribution in [0.15, 0.2) is 12.1 Å². The highest BCUT2D eigenvalue weighted by atomic mass is 16.6. The quantitative estimate of drug-likeness (QED) is 0.573. The predicted molar refractivity (Wildman–Crippen MR) is 66.4 cm³/mol. The highest BCUT2D eigenvalue weighted by Crippen LogP contribution is 2.49. The van der Waals surface area contributed by atoms with E-state index in [0.29, 0.717) is 11.1 Å². The van der Waals surface area contributed by atoms with Crippen molar-refractivity contribution in [2.75, 3.05) is 0 Å². The third kappa shape index (κ3) is 1.63. The first-order valence-corrected chi connectivity index (χ1v) is 5.85. The molecule has 99 valence electrons. The van der Waals surface area contributed by atoms with Crippen LogP contribution in [0.1, 0.15) is 44.4 Å². The summed E-state index contributed by atoms with van der Waals surface area (Å²) in [6.45, 7) is 6.95. The fourth-order valence-corrected chi connectivity index (χ4v) is 2.76. The van der Waals surface area contributed by atoms with Gasteiger partial charge in [-0.2, -0.15) is 5.26 Å². The highest BCUT2D eigenvalue weighted by Gasteiger charge is 2.51. The molecular formula is C13H14N3O3. The van der Waals surface area contributed by atoms with E-state index in [-0.39, 0.29) is 11.3 Å². The van der Waals surface area contributed by atoms with Gasteiger partial charge in [-0.05, 0) is 44.9 Å². The summed E-state index contributed by atoms with van der Waals surface area (Å²) in [5, 5.41) is 33.3. The van der Waals surface area contributed by atoms with Gasteiger partial charge in [-0.25, -0.2) is 0 Å². The number of hydrogen-bond acceptors (Lipinski definition) is 4. The number of nitro groups is 1. The largest absolute Gasteiger partial charge is 0.287 e. The molecule has 1 aromatic carbocycles. The first-order chi connectivity index (χ1) is 8.64. The van der Waals surface area contributed by atoms with Crippen molar-refractivity contribution < 1.29 is 10.1 Å². The molecule has 0 unspecified atom stereocenters. The number of nitriles is 1. The minimum Gasteiger partial charge on any atom is -0.258 e. The van der Waals surface area contributed by atoms with Crippen LogP contribution in [-0.2, 0) is 16.3 Å². The molecule has 0 fully saturated rings. The summed E-state index contributed by atoms with van der Waals surface area (Å²) in [6.07, 6.45) is 0. The zero-order chi connectivity index (χ0) is 14.6. The van der Waals surface area contributed by atoms with E-state index in [1.54, 1.807) is 27.7 Å². The lowest BCUT2D eigenvalue weighted by atomic mass is 9.88. The van der Waals surface area contributed by atoms with Crippen molar-refractivity contribution in [1.29, 1.82) is 5.26 Å². The van der Waals surface area contributed by atoms with Gasteiger partial charge in [0.1, 0.15) is 11.6 Å².